The van der Waals surface area contributed by atoms with Crippen LogP contribution in [-0.4, -0.2) is 36.0 Å². The summed E-state index contributed by atoms with van der Waals surface area (Å²) in [5.74, 6) is -0.669. The predicted octanol–water partition coefficient (Wildman–Crippen LogP) is 4.12. The highest BCUT2D eigenvalue weighted by molar-refractivity contribution is 7.20. The number of benzene rings is 1. The third-order valence-corrected chi connectivity index (χ3v) is 5.64. The number of carbonyl (C=O) groups is 2. The number of thiophene rings is 1. The van der Waals surface area contributed by atoms with Crippen LogP contribution in [0.1, 0.15) is 24.6 Å². The Hall–Kier alpha value is -1.85. The van der Waals surface area contributed by atoms with E-state index in [0.29, 0.717) is 5.02 Å². The van der Waals surface area contributed by atoms with Gasteiger partial charge in [0.1, 0.15) is 0 Å². The van der Waals surface area contributed by atoms with E-state index < -0.39 is 12.1 Å². The number of fused-ring (bicyclic) bond motifs is 1. The van der Waals surface area contributed by atoms with Crippen LogP contribution in [0.4, 0.5) is 0 Å². The lowest BCUT2D eigenvalue weighted by Crippen LogP contribution is -2.37. The molecule has 1 atom stereocenters. The van der Waals surface area contributed by atoms with Crippen LogP contribution in [0.3, 0.4) is 0 Å². The summed E-state index contributed by atoms with van der Waals surface area (Å²) in [6, 6.07) is 7.80. The molecule has 1 aliphatic heterocycles. The molecule has 4 nitrogen and oxygen atoms in total. The van der Waals surface area contributed by atoms with E-state index in [1.54, 1.807) is 17.9 Å². The van der Waals surface area contributed by atoms with Gasteiger partial charge in [-0.05, 0) is 31.9 Å². The minimum absolute atomic E-state index is 0.130. The van der Waals surface area contributed by atoms with Crippen LogP contribution in [0.15, 0.2) is 30.3 Å². The molecule has 1 amide bonds. The third-order valence-electron chi connectivity index (χ3n) is 3.99. The molecule has 6 heteroatoms. The van der Waals surface area contributed by atoms with E-state index in [0.717, 1.165) is 40.9 Å². The van der Waals surface area contributed by atoms with Gasteiger partial charge in [-0.25, -0.2) is 4.79 Å². The van der Waals surface area contributed by atoms with Crippen molar-refractivity contribution in [1.29, 1.82) is 0 Å². The SMILES string of the molecule is CC(OC(=O)/C=C/c1sc2ccccc2c1Cl)C(=O)N1CCCC1. The molecule has 0 radical (unpaired) electrons. The Morgan fingerprint density at radius 2 is 2.00 bits per heavy atom. The number of likely N-dealkylation sites (tertiary alicyclic amines) is 1. The van der Waals surface area contributed by atoms with Crippen LogP contribution in [0.2, 0.25) is 5.02 Å². The second-order valence-corrected chi connectivity index (χ2v) is 7.18. The Balaban J connectivity index is 1.64. The topological polar surface area (TPSA) is 46.6 Å². The molecule has 0 spiro atoms. The summed E-state index contributed by atoms with van der Waals surface area (Å²) < 4.78 is 6.27. The summed E-state index contributed by atoms with van der Waals surface area (Å²) in [6.07, 6.45) is 4.22. The van der Waals surface area contributed by atoms with E-state index in [1.807, 2.05) is 24.3 Å². The van der Waals surface area contributed by atoms with Crippen LogP contribution in [0, 0.1) is 0 Å². The number of carbonyl (C=O) groups excluding carboxylic acids is 2. The first-order chi connectivity index (χ1) is 11.6. The van der Waals surface area contributed by atoms with E-state index in [2.05, 4.69) is 0 Å². The second kappa shape index (κ2) is 7.36. The van der Waals surface area contributed by atoms with Gasteiger partial charge in [0.25, 0.3) is 5.91 Å². The summed E-state index contributed by atoms with van der Waals surface area (Å²) in [6.45, 7) is 3.10. The van der Waals surface area contributed by atoms with Crippen LogP contribution in [0.5, 0.6) is 0 Å². The Morgan fingerprint density at radius 1 is 1.29 bits per heavy atom. The fraction of sp³-hybridized carbons (Fsp3) is 0.333. The number of rotatable bonds is 4. The van der Waals surface area contributed by atoms with Crippen molar-refractivity contribution in [3.63, 3.8) is 0 Å². The van der Waals surface area contributed by atoms with E-state index in [4.69, 9.17) is 16.3 Å². The van der Waals surface area contributed by atoms with Crippen LogP contribution in [0.25, 0.3) is 16.2 Å². The average molecular weight is 364 g/mol. The molecule has 0 N–H and O–H groups in total. The summed E-state index contributed by atoms with van der Waals surface area (Å²) in [5.41, 5.74) is 0. The molecule has 0 bridgehead atoms. The van der Waals surface area contributed by atoms with Gasteiger partial charge in [0.15, 0.2) is 6.10 Å². The molecule has 1 unspecified atom stereocenters. The zero-order chi connectivity index (χ0) is 17.1. The minimum Gasteiger partial charge on any atom is -0.449 e. The van der Waals surface area contributed by atoms with E-state index >= 15 is 0 Å². The molecule has 0 aliphatic carbocycles. The molecule has 2 heterocycles. The summed E-state index contributed by atoms with van der Waals surface area (Å²) in [7, 11) is 0. The van der Waals surface area contributed by atoms with E-state index in [9.17, 15) is 9.59 Å². The molecule has 126 valence electrons. The first kappa shape index (κ1) is 17.0. The van der Waals surface area contributed by atoms with Crippen molar-refractivity contribution in [2.45, 2.75) is 25.9 Å². The molecule has 1 fully saturated rings. The Kier molecular flexibility index (Phi) is 5.21. The quantitative estimate of drug-likeness (QED) is 0.606. The highest BCUT2D eigenvalue weighted by Crippen LogP contribution is 2.35. The summed E-state index contributed by atoms with van der Waals surface area (Å²) in [5, 5.41) is 1.59. The highest BCUT2D eigenvalue weighted by Gasteiger charge is 2.25. The number of hydrogen-bond donors (Lipinski definition) is 0. The molecule has 0 saturated carbocycles. The highest BCUT2D eigenvalue weighted by atomic mass is 35.5. The number of amides is 1. The first-order valence-corrected chi connectivity index (χ1v) is 9.10. The van der Waals surface area contributed by atoms with Gasteiger partial charge in [-0.15, -0.1) is 11.3 Å². The zero-order valence-corrected chi connectivity index (χ0v) is 14.9. The number of halogens is 1. The van der Waals surface area contributed by atoms with Gasteiger partial charge in [0.05, 0.1) is 5.02 Å². The fourth-order valence-electron chi connectivity index (χ4n) is 2.74. The smallest absolute Gasteiger partial charge is 0.331 e. The molecule has 1 aromatic carbocycles. The summed E-state index contributed by atoms with van der Waals surface area (Å²) in [4.78, 5) is 26.6. The van der Waals surface area contributed by atoms with Gasteiger partial charge in [0.2, 0.25) is 0 Å². The predicted molar refractivity (Wildman–Crippen MR) is 97.2 cm³/mol. The molecule has 3 rings (SSSR count). The van der Waals surface area contributed by atoms with Crippen molar-refractivity contribution in [3.8, 4) is 0 Å². The normalized spacial score (nSPS) is 16.0. The third kappa shape index (κ3) is 3.62. The second-order valence-electron chi connectivity index (χ2n) is 5.72. The van der Waals surface area contributed by atoms with E-state index in [1.165, 1.54) is 17.4 Å². The fourth-order valence-corrected chi connectivity index (χ4v) is 4.14. The van der Waals surface area contributed by atoms with Crippen molar-refractivity contribution >= 4 is 51.0 Å². The minimum atomic E-state index is -0.766. The van der Waals surface area contributed by atoms with Gasteiger partial charge in [-0.3, -0.25) is 4.79 Å². The van der Waals surface area contributed by atoms with Crippen molar-refractivity contribution < 1.29 is 14.3 Å². The maximum atomic E-state index is 12.1. The molecule has 1 aromatic heterocycles. The Labute approximate surface area is 149 Å². The van der Waals surface area contributed by atoms with Gasteiger partial charge >= 0.3 is 5.97 Å². The number of ether oxygens (including phenoxy) is 1. The van der Waals surface area contributed by atoms with Crippen molar-refractivity contribution in [3.05, 3.63) is 40.2 Å². The monoisotopic (exact) mass is 363 g/mol. The largest absolute Gasteiger partial charge is 0.449 e. The van der Waals surface area contributed by atoms with Gasteiger partial charge in [-0.1, -0.05) is 29.8 Å². The maximum absolute atomic E-state index is 12.1. The van der Waals surface area contributed by atoms with Crippen LogP contribution in [-0.2, 0) is 14.3 Å². The lowest BCUT2D eigenvalue weighted by Gasteiger charge is -2.19. The van der Waals surface area contributed by atoms with Crippen molar-refractivity contribution in [2.75, 3.05) is 13.1 Å². The zero-order valence-electron chi connectivity index (χ0n) is 13.3. The standard InChI is InChI=1S/C18H18ClNO3S/c1-12(18(22)20-10-4-5-11-20)23-16(21)9-8-15-17(19)13-6-2-3-7-14(13)24-15/h2-3,6-9,12H,4-5,10-11H2,1H3/b9-8+. The maximum Gasteiger partial charge on any atom is 0.331 e. The molecule has 2 aromatic rings. The number of hydrogen-bond acceptors (Lipinski definition) is 4. The Bertz CT molecular complexity index is 793. The van der Waals surface area contributed by atoms with Gasteiger partial charge in [0, 0.05) is 34.1 Å². The molecule has 24 heavy (non-hydrogen) atoms. The average Bonchev–Trinajstić information content (AvgIpc) is 3.21. The molecule has 1 saturated heterocycles. The van der Waals surface area contributed by atoms with Gasteiger partial charge in [-0.2, -0.15) is 0 Å². The molecular formula is C18H18ClNO3S. The number of nitrogens with zero attached hydrogens (tertiary/aromatic N) is 1. The lowest BCUT2D eigenvalue weighted by molar-refractivity contribution is -0.154. The van der Waals surface area contributed by atoms with Crippen LogP contribution < -0.4 is 0 Å². The number of esters is 1. The van der Waals surface area contributed by atoms with Crippen LogP contribution >= 0.6 is 22.9 Å². The molecule has 1 aliphatic rings. The van der Waals surface area contributed by atoms with Gasteiger partial charge < -0.3 is 9.64 Å². The lowest BCUT2D eigenvalue weighted by atomic mass is 10.2. The first-order valence-electron chi connectivity index (χ1n) is 7.91. The Morgan fingerprint density at radius 3 is 2.71 bits per heavy atom. The summed E-state index contributed by atoms with van der Waals surface area (Å²) >= 11 is 7.84. The van der Waals surface area contributed by atoms with Crippen molar-refractivity contribution in [2.24, 2.45) is 0 Å². The van der Waals surface area contributed by atoms with Crippen molar-refractivity contribution in [1.82, 2.24) is 4.90 Å². The van der Waals surface area contributed by atoms with E-state index in [-0.39, 0.29) is 5.91 Å². The molecular weight excluding hydrogens is 346 g/mol.